The van der Waals surface area contributed by atoms with Crippen molar-refractivity contribution < 1.29 is 0 Å². The zero-order valence-corrected chi connectivity index (χ0v) is 11.2. The standard InChI is InChI=1S/C11H16BrNS/c1-8(2)4-6-13-9(3)11-10(12)5-7-14-11/h4-5,7,9,13H,6H2,1-3H3. The first-order chi connectivity index (χ1) is 6.61. The van der Waals surface area contributed by atoms with Crippen LogP contribution in [0.1, 0.15) is 31.7 Å². The van der Waals surface area contributed by atoms with Crippen LogP contribution < -0.4 is 5.32 Å². The van der Waals surface area contributed by atoms with Crippen LogP contribution in [0.4, 0.5) is 0 Å². The zero-order valence-electron chi connectivity index (χ0n) is 8.80. The minimum atomic E-state index is 0.417. The van der Waals surface area contributed by atoms with Crippen LogP contribution >= 0.6 is 27.3 Å². The van der Waals surface area contributed by atoms with E-state index >= 15 is 0 Å². The fourth-order valence-electron chi connectivity index (χ4n) is 1.15. The second-order valence-electron chi connectivity index (χ2n) is 3.54. The molecular weight excluding hydrogens is 258 g/mol. The van der Waals surface area contributed by atoms with E-state index in [1.807, 2.05) is 0 Å². The number of hydrogen-bond donors (Lipinski definition) is 1. The van der Waals surface area contributed by atoms with Crippen molar-refractivity contribution in [2.75, 3.05) is 6.54 Å². The summed E-state index contributed by atoms with van der Waals surface area (Å²) in [5, 5.41) is 5.57. The topological polar surface area (TPSA) is 12.0 Å². The van der Waals surface area contributed by atoms with Crippen LogP contribution in [0.15, 0.2) is 27.6 Å². The van der Waals surface area contributed by atoms with Gasteiger partial charge in [-0.15, -0.1) is 11.3 Å². The Morgan fingerprint density at radius 3 is 2.86 bits per heavy atom. The largest absolute Gasteiger partial charge is 0.306 e. The molecule has 0 amide bonds. The van der Waals surface area contributed by atoms with Gasteiger partial charge in [-0.05, 0) is 48.1 Å². The van der Waals surface area contributed by atoms with E-state index in [-0.39, 0.29) is 0 Å². The molecule has 1 atom stereocenters. The highest BCUT2D eigenvalue weighted by atomic mass is 79.9. The predicted octanol–water partition coefficient (Wildman–Crippen LogP) is 4.13. The SMILES string of the molecule is CC(C)=CCNC(C)c1sccc1Br. The molecule has 3 heteroatoms. The van der Waals surface area contributed by atoms with E-state index in [1.165, 1.54) is 14.9 Å². The van der Waals surface area contributed by atoms with Gasteiger partial charge in [-0.3, -0.25) is 0 Å². The molecule has 0 fully saturated rings. The van der Waals surface area contributed by atoms with Crippen LogP contribution in [0.25, 0.3) is 0 Å². The van der Waals surface area contributed by atoms with Crippen molar-refractivity contribution >= 4 is 27.3 Å². The summed E-state index contributed by atoms with van der Waals surface area (Å²) in [5.41, 5.74) is 1.36. The minimum Gasteiger partial charge on any atom is -0.306 e. The fraction of sp³-hybridized carbons (Fsp3) is 0.455. The molecule has 1 nitrogen and oxygen atoms in total. The summed E-state index contributed by atoms with van der Waals surface area (Å²) in [6, 6.07) is 2.51. The number of hydrogen-bond acceptors (Lipinski definition) is 2. The summed E-state index contributed by atoms with van der Waals surface area (Å²) in [7, 11) is 0. The van der Waals surface area contributed by atoms with E-state index in [0.29, 0.717) is 6.04 Å². The Kier molecular flexibility index (Phi) is 4.85. The molecule has 78 valence electrons. The van der Waals surface area contributed by atoms with Gasteiger partial charge in [-0.2, -0.15) is 0 Å². The molecule has 1 N–H and O–H groups in total. The molecule has 14 heavy (non-hydrogen) atoms. The van der Waals surface area contributed by atoms with Crippen LogP contribution in [0.3, 0.4) is 0 Å². The van der Waals surface area contributed by atoms with Crippen molar-refractivity contribution in [3.8, 4) is 0 Å². The van der Waals surface area contributed by atoms with Gasteiger partial charge in [-0.1, -0.05) is 11.6 Å². The molecule has 0 radical (unpaired) electrons. The first-order valence-corrected chi connectivity index (χ1v) is 6.38. The highest BCUT2D eigenvalue weighted by Crippen LogP contribution is 2.28. The lowest BCUT2D eigenvalue weighted by molar-refractivity contribution is 0.624. The molecule has 0 aliphatic heterocycles. The van der Waals surface area contributed by atoms with Crippen LogP contribution in [-0.2, 0) is 0 Å². The van der Waals surface area contributed by atoms with Crippen molar-refractivity contribution in [2.24, 2.45) is 0 Å². The van der Waals surface area contributed by atoms with Gasteiger partial charge < -0.3 is 5.32 Å². The first kappa shape index (κ1) is 12.0. The summed E-state index contributed by atoms with van der Waals surface area (Å²) < 4.78 is 1.21. The number of rotatable bonds is 4. The lowest BCUT2D eigenvalue weighted by Gasteiger charge is -2.11. The summed E-state index contributed by atoms with van der Waals surface area (Å²) >= 11 is 5.33. The normalized spacial score (nSPS) is 12.6. The van der Waals surface area contributed by atoms with E-state index < -0.39 is 0 Å². The van der Waals surface area contributed by atoms with Crippen molar-refractivity contribution in [3.63, 3.8) is 0 Å². The van der Waals surface area contributed by atoms with Gasteiger partial charge in [0.25, 0.3) is 0 Å². The highest BCUT2D eigenvalue weighted by molar-refractivity contribution is 9.10. The smallest absolute Gasteiger partial charge is 0.0399 e. The van der Waals surface area contributed by atoms with E-state index in [9.17, 15) is 0 Å². The predicted molar refractivity (Wildman–Crippen MR) is 67.9 cm³/mol. The summed E-state index contributed by atoms with van der Waals surface area (Å²) in [4.78, 5) is 1.37. The van der Waals surface area contributed by atoms with Crippen molar-refractivity contribution in [3.05, 3.63) is 32.4 Å². The molecule has 0 aliphatic carbocycles. The second-order valence-corrected chi connectivity index (χ2v) is 5.35. The van der Waals surface area contributed by atoms with Gasteiger partial charge >= 0.3 is 0 Å². The maximum atomic E-state index is 3.54. The molecule has 1 heterocycles. The lowest BCUT2D eigenvalue weighted by Crippen LogP contribution is -2.17. The summed E-state index contributed by atoms with van der Waals surface area (Å²) in [5.74, 6) is 0. The molecular formula is C11H16BrNS. The fourth-order valence-corrected chi connectivity index (χ4v) is 2.90. The molecule has 1 aromatic rings. The quantitative estimate of drug-likeness (QED) is 0.814. The van der Waals surface area contributed by atoms with Gasteiger partial charge in [0.15, 0.2) is 0 Å². The molecule has 0 aromatic carbocycles. The number of allylic oxidation sites excluding steroid dienone is 1. The number of nitrogens with one attached hydrogen (secondary N) is 1. The average molecular weight is 274 g/mol. The monoisotopic (exact) mass is 273 g/mol. The van der Waals surface area contributed by atoms with E-state index in [1.54, 1.807) is 11.3 Å². The Labute approximate surface area is 98.4 Å². The van der Waals surface area contributed by atoms with Crippen LogP contribution in [0, 0.1) is 0 Å². The Balaban J connectivity index is 2.47. The Morgan fingerprint density at radius 2 is 2.36 bits per heavy atom. The number of halogens is 1. The van der Waals surface area contributed by atoms with Gasteiger partial charge in [0.2, 0.25) is 0 Å². The minimum absolute atomic E-state index is 0.417. The number of thiophene rings is 1. The summed E-state index contributed by atoms with van der Waals surface area (Å²) in [6.07, 6.45) is 2.21. The third kappa shape index (κ3) is 3.56. The lowest BCUT2D eigenvalue weighted by atomic mass is 10.2. The first-order valence-electron chi connectivity index (χ1n) is 4.71. The third-order valence-corrected chi connectivity index (χ3v) is 4.03. The van der Waals surface area contributed by atoms with Crippen LogP contribution in [-0.4, -0.2) is 6.54 Å². The molecule has 0 saturated heterocycles. The molecule has 0 saturated carbocycles. The van der Waals surface area contributed by atoms with Crippen molar-refractivity contribution in [1.82, 2.24) is 5.32 Å². The van der Waals surface area contributed by atoms with E-state index in [2.05, 4.69) is 59.5 Å². The molecule has 0 bridgehead atoms. The summed E-state index contributed by atoms with van der Waals surface area (Å²) in [6.45, 7) is 7.37. The Hall–Kier alpha value is -0.120. The third-order valence-electron chi connectivity index (χ3n) is 1.97. The van der Waals surface area contributed by atoms with Crippen LogP contribution in [0.2, 0.25) is 0 Å². The van der Waals surface area contributed by atoms with Gasteiger partial charge in [0.05, 0.1) is 0 Å². The van der Waals surface area contributed by atoms with E-state index in [0.717, 1.165) is 6.54 Å². The molecule has 0 aliphatic rings. The zero-order chi connectivity index (χ0) is 10.6. The molecule has 1 unspecified atom stereocenters. The molecule has 1 rings (SSSR count). The van der Waals surface area contributed by atoms with Crippen LogP contribution in [0.5, 0.6) is 0 Å². The van der Waals surface area contributed by atoms with Crippen molar-refractivity contribution in [2.45, 2.75) is 26.8 Å². The maximum absolute atomic E-state index is 3.54. The molecule has 1 aromatic heterocycles. The Bertz CT molecular complexity index is 313. The van der Waals surface area contributed by atoms with Gasteiger partial charge in [0, 0.05) is 21.9 Å². The second kappa shape index (κ2) is 5.69. The average Bonchev–Trinajstić information content (AvgIpc) is 2.50. The van der Waals surface area contributed by atoms with E-state index in [4.69, 9.17) is 0 Å². The van der Waals surface area contributed by atoms with Crippen molar-refractivity contribution in [1.29, 1.82) is 0 Å². The van der Waals surface area contributed by atoms with Gasteiger partial charge in [0.1, 0.15) is 0 Å². The van der Waals surface area contributed by atoms with Gasteiger partial charge in [-0.25, -0.2) is 0 Å². The Morgan fingerprint density at radius 1 is 1.64 bits per heavy atom. The molecule has 0 spiro atoms. The maximum Gasteiger partial charge on any atom is 0.0399 e. The highest BCUT2D eigenvalue weighted by Gasteiger charge is 2.08.